The Bertz CT molecular complexity index is 465. The molecule has 17 heavy (non-hydrogen) atoms. The Labute approximate surface area is 101 Å². The van der Waals surface area contributed by atoms with Crippen LogP contribution in [-0.4, -0.2) is 16.1 Å². The zero-order chi connectivity index (χ0) is 12.6. The third kappa shape index (κ3) is 2.41. The average Bonchev–Trinajstić information content (AvgIpc) is 2.63. The largest absolute Gasteiger partial charge is 0.367 e. The van der Waals surface area contributed by atoms with E-state index in [0.717, 1.165) is 24.1 Å². The second-order valence-electron chi connectivity index (χ2n) is 5.12. The monoisotopic (exact) mass is 236 g/mol. The van der Waals surface area contributed by atoms with Crippen molar-refractivity contribution in [3.05, 3.63) is 27.4 Å². The van der Waals surface area contributed by atoms with E-state index in [0.29, 0.717) is 5.82 Å². The maximum atomic E-state index is 12.0. The van der Waals surface area contributed by atoms with Crippen molar-refractivity contribution < 1.29 is 4.74 Å². The Morgan fingerprint density at radius 3 is 2.59 bits per heavy atom. The van der Waals surface area contributed by atoms with Gasteiger partial charge >= 0.3 is 0 Å². The van der Waals surface area contributed by atoms with E-state index in [-0.39, 0.29) is 23.7 Å². The van der Waals surface area contributed by atoms with Gasteiger partial charge < -0.3 is 9.72 Å². The molecule has 0 saturated carbocycles. The van der Waals surface area contributed by atoms with Gasteiger partial charge in [0.2, 0.25) is 0 Å². The van der Waals surface area contributed by atoms with Gasteiger partial charge in [-0.15, -0.1) is 0 Å². The van der Waals surface area contributed by atoms with Crippen molar-refractivity contribution in [3.8, 4) is 0 Å². The fraction of sp³-hybridized carbons (Fsp3) is 0.692. The maximum absolute atomic E-state index is 12.0. The highest BCUT2D eigenvalue weighted by atomic mass is 16.5. The normalized spacial score (nSPS) is 24.5. The highest BCUT2D eigenvalue weighted by Crippen LogP contribution is 2.30. The smallest absolute Gasteiger partial charge is 0.254 e. The van der Waals surface area contributed by atoms with Crippen LogP contribution in [0.25, 0.3) is 0 Å². The zero-order valence-electron chi connectivity index (χ0n) is 10.9. The van der Waals surface area contributed by atoms with Crippen LogP contribution in [0.1, 0.15) is 62.7 Å². The molecule has 1 aliphatic heterocycles. The molecule has 2 heterocycles. The van der Waals surface area contributed by atoms with Crippen LogP contribution in [0.3, 0.4) is 0 Å². The Hall–Kier alpha value is -1.16. The molecule has 2 unspecified atom stereocenters. The fourth-order valence-electron chi connectivity index (χ4n) is 2.45. The molecule has 1 aliphatic rings. The van der Waals surface area contributed by atoms with E-state index in [2.05, 4.69) is 9.97 Å². The number of nitrogens with one attached hydrogen (secondary N) is 1. The van der Waals surface area contributed by atoms with Crippen LogP contribution >= 0.6 is 0 Å². The highest BCUT2D eigenvalue weighted by Gasteiger charge is 2.26. The number of aryl methyl sites for hydroxylation is 1. The first kappa shape index (κ1) is 12.3. The van der Waals surface area contributed by atoms with Crippen molar-refractivity contribution in [1.82, 2.24) is 9.97 Å². The van der Waals surface area contributed by atoms with Gasteiger partial charge in [-0.1, -0.05) is 13.8 Å². The van der Waals surface area contributed by atoms with Crippen LogP contribution in [0, 0.1) is 6.92 Å². The number of hydrogen-bond acceptors (Lipinski definition) is 3. The van der Waals surface area contributed by atoms with Crippen molar-refractivity contribution in [2.24, 2.45) is 0 Å². The minimum Gasteiger partial charge on any atom is -0.367 e. The van der Waals surface area contributed by atoms with E-state index in [1.54, 1.807) is 0 Å². The minimum absolute atomic E-state index is 0.0225. The summed E-state index contributed by atoms with van der Waals surface area (Å²) >= 11 is 0. The lowest BCUT2D eigenvalue weighted by molar-refractivity contribution is 0.0500. The van der Waals surface area contributed by atoms with Crippen molar-refractivity contribution >= 4 is 0 Å². The molecule has 0 spiro atoms. The topological polar surface area (TPSA) is 55.0 Å². The second-order valence-corrected chi connectivity index (χ2v) is 5.12. The number of nitrogens with zero attached hydrogens (tertiary/aromatic N) is 1. The van der Waals surface area contributed by atoms with E-state index in [1.165, 1.54) is 0 Å². The molecular weight excluding hydrogens is 216 g/mol. The third-order valence-electron chi connectivity index (χ3n) is 3.28. The number of aromatic nitrogens is 2. The molecule has 1 aromatic rings. The summed E-state index contributed by atoms with van der Waals surface area (Å²) in [6.07, 6.45) is 2.18. The SMILES string of the molecule is Cc1nc(C2CCC(C)O2)[nH]c(=O)c1C(C)C. The maximum Gasteiger partial charge on any atom is 0.254 e. The van der Waals surface area contributed by atoms with E-state index < -0.39 is 0 Å². The van der Waals surface area contributed by atoms with Gasteiger partial charge in [0.05, 0.1) is 6.10 Å². The predicted molar refractivity (Wildman–Crippen MR) is 66.2 cm³/mol. The summed E-state index contributed by atoms with van der Waals surface area (Å²) in [7, 11) is 0. The molecule has 2 rings (SSSR count). The minimum atomic E-state index is -0.0439. The summed E-state index contributed by atoms with van der Waals surface area (Å²) in [5.74, 6) is 0.880. The molecular formula is C13H20N2O2. The summed E-state index contributed by atoms with van der Waals surface area (Å²) < 4.78 is 5.73. The summed E-state index contributed by atoms with van der Waals surface area (Å²) in [5, 5.41) is 0. The summed E-state index contributed by atoms with van der Waals surface area (Å²) in [6, 6.07) is 0. The van der Waals surface area contributed by atoms with Crippen LogP contribution in [-0.2, 0) is 4.74 Å². The van der Waals surface area contributed by atoms with Gasteiger partial charge in [-0.25, -0.2) is 4.98 Å². The van der Waals surface area contributed by atoms with Crippen LogP contribution in [0.4, 0.5) is 0 Å². The summed E-state index contributed by atoms with van der Waals surface area (Å²) in [4.78, 5) is 19.3. The molecule has 2 atom stereocenters. The van der Waals surface area contributed by atoms with E-state index in [9.17, 15) is 4.79 Å². The Morgan fingerprint density at radius 1 is 1.41 bits per heavy atom. The molecule has 4 heteroatoms. The van der Waals surface area contributed by atoms with Crippen LogP contribution < -0.4 is 5.56 Å². The predicted octanol–water partition coefficient (Wildman–Crippen LogP) is 2.44. The molecule has 1 fully saturated rings. The fourth-order valence-corrected chi connectivity index (χ4v) is 2.45. The third-order valence-corrected chi connectivity index (χ3v) is 3.28. The molecule has 1 N–H and O–H groups in total. The van der Waals surface area contributed by atoms with Crippen LogP contribution in [0.2, 0.25) is 0 Å². The highest BCUT2D eigenvalue weighted by molar-refractivity contribution is 5.20. The van der Waals surface area contributed by atoms with Crippen molar-refractivity contribution in [2.45, 2.75) is 58.7 Å². The lowest BCUT2D eigenvalue weighted by Gasteiger charge is -2.13. The zero-order valence-corrected chi connectivity index (χ0v) is 10.9. The lowest BCUT2D eigenvalue weighted by atomic mass is 10.0. The molecule has 94 valence electrons. The first-order valence-corrected chi connectivity index (χ1v) is 6.25. The Morgan fingerprint density at radius 2 is 2.12 bits per heavy atom. The van der Waals surface area contributed by atoms with Crippen LogP contribution in [0.15, 0.2) is 4.79 Å². The summed E-state index contributed by atoms with van der Waals surface area (Å²) in [5.41, 5.74) is 1.58. The van der Waals surface area contributed by atoms with Crippen molar-refractivity contribution in [1.29, 1.82) is 0 Å². The van der Waals surface area contributed by atoms with Gasteiger partial charge in [-0.3, -0.25) is 4.79 Å². The van der Waals surface area contributed by atoms with Gasteiger partial charge in [-0.05, 0) is 32.6 Å². The number of rotatable bonds is 2. The Balaban J connectivity index is 2.36. The van der Waals surface area contributed by atoms with E-state index in [1.807, 2.05) is 27.7 Å². The number of H-pyrrole nitrogens is 1. The molecule has 4 nitrogen and oxygen atoms in total. The van der Waals surface area contributed by atoms with Crippen LogP contribution in [0.5, 0.6) is 0 Å². The van der Waals surface area contributed by atoms with E-state index >= 15 is 0 Å². The van der Waals surface area contributed by atoms with Gasteiger partial charge in [0.25, 0.3) is 5.56 Å². The number of hydrogen-bond donors (Lipinski definition) is 1. The molecule has 0 aromatic carbocycles. The van der Waals surface area contributed by atoms with Crippen molar-refractivity contribution in [3.63, 3.8) is 0 Å². The number of ether oxygens (including phenoxy) is 1. The summed E-state index contributed by atoms with van der Waals surface area (Å²) in [6.45, 7) is 7.96. The van der Waals surface area contributed by atoms with Gasteiger partial charge in [0, 0.05) is 11.3 Å². The quantitative estimate of drug-likeness (QED) is 0.858. The standard InChI is InChI=1S/C13H20N2O2/c1-7(2)11-9(4)14-12(15-13(11)16)10-6-5-8(3)17-10/h7-8,10H,5-6H2,1-4H3,(H,14,15,16). The average molecular weight is 236 g/mol. The molecule has 1 saturated heterocycles. The molecule has 0 bridgehead atoms. The van der Waals surface area contributed by atoms with Gasteiger partial charge in [0.1, 0.15) is 11.9 Å². The van der Waals surface area contributed by atoms with E-state index in [4.69, 9.17) is 4.74 Å². The second kappa shape index (κ2) is 4.61. The molecule has 0 radical (unpaired) electrons. The first-order valence-electron chi connectivity index (χ1n) is 6.25. The molecule has 1 aromatic heterocycles. The van der Waals surface area contributed by atoms with Gasteiger partial charge in [0.15, 0.2) is 0 Å². The molecule has 0 amide bonds. The lowest BCUT2D eigenvalue weighted by Crippen LogP contribution is -2.21. The molecule has 0 aliphatic carbocycles. The number of aromatic amines is 1. The Kier molecular flexibility index (Phi) is 3.33. The first-order chi connectivity index (χ1) is 7.99. The van der Waals surface area contributed by atoms with Crippen molar-refractivity contribution in [2.75, 3.05) is 0 Å². The van der Waals surface area contributed by atoms with Gasteiger partial charge in [-0.2, -0.15) is 0 Å².